The van der Waals surface area contributed by atoms with Crippen LogP contribution < -0.4 is 10.1 Å². The number of carbonyl (C=O) groups excluding carboxylic acids is 2. The van der Waals surface area contributed by atoms with Crippen LogP contribution in [0.15, 0.2) is 29.4 Å². The normalized spacial score (nSPS) is 10.7. The first kappa shape index (κ1) is 21.8. The maximum absolute atomic E-state index is 12.5. The van der Waals surface area contributed by atoms with Gasteiger partial charge in [-0.05, 0) is 31.5 Å². The van der Waals surface area contributed by atoms with E-state index in [1.54, 1.807) is 7.11 Å². The van der Waals surface area contributed by atoms with Gasteiger partial charge in [-0.2, -0.15) is 0 Å². The zero-order chi connectivity index (χ0) is 21.8. The molecule has 3 rings (SSSR count). The number of hydrogen-bond acceptors (Lipinski definition) is 8. The summed E-state index contributed by atoms with van der Waals surface area (Å²) in [5, 5.41) is 12.3. The molecule has 2 aromatic heterocycles. The van der Waals surface area contributed by atoms with Crippen LogP contribution in [-0.4, -0.2) is 46.6 Å². The number of methoxy groups -OCH3 is 2. The molecular formula is C20H22N4O4S2. The second-order valence-corrected chi connectivity index (χ2v) is 8.58. The van der Waals surface area contributed by atoms with Crippen molar-refractivity contribution in [2.45, 2.75) is 19.0 Å². The first-order valence-electron chi connectivity index (χ1n) is 9.00. The molecule has 0 fully saturated rings. The quantitative estimate of drug-likeness (QED) is 0.437. The lowest BCUT2D eigenvalue weighted by atomic mass is 10.1. The zero-order valence-corrected chi connectivity index (χ0v) is 18.9. The molecule has 0 aliphatic rings. The minimum Gasteiger partial charge on any atom is -0.497 e. The van der Waals surface area contributed by atoms with Crippen molar-refractivity contribution in [1.82, 2.24) is 14.8 Å². The third kappa shape index (κ3) is 4.49. The highest BCUT2D eigenvalue weighted by molar-refractivity contribution is 7.99. The molecule has 0 spiro atoms. The molecule has 1 N–H and O–H groups in total. The largest absolute Gasteiger partial charge is 0.497 e. The number of hydrogen-bond donors (Lipinski definition) is 1. The van der Waals surface area contributed by atoms with Crippen molar-refractivity contribution >= 4 is 40.0 Å². The van der Waals surface area contributed by atoms with Crippen molar-refractivity contribution in [3.8, 4) is 17.1 Å². The molecule has 0 saturated carbocycles. The summed E-state index contributed by atoms with van der Waals surface area (Å²) in [6, 6.07) is 7.54. The molecule has 8 nitrogen and oxygen atoms in total. The Kier molecular flexibility index (Phi) is 6.78. The van der Waals surface area contributed by atoms with E-state index in [1.165, 1.54) is 30.2 Å². The number of thiophene rings is 1. The Morgan fingerprint density at radius 2 is 2.00 bits per heavy atom. The summed E-state index contributed by atoms with van der Waals surface area (Å²) in [5.74, 6) is 0.829. The fourth-order valence-corrected chi connectivity index (χ4v) is 4.59. The number of aromatic nitrogens is 3. The summed E-state index contributed by atoms with van der Waals surface area (Å²) >= 11 is 2.62. The molecule has 3 aromatic rings. The van der Waals surface area contributed by atoms with Crippen LogP contribution >= 0.6 is 23.1 Å². The Morgan fingerprint density at radius 1 is 1.23 bits per heavy atom. The molecule has 0 radical (unpaired) electrons. The van der Waals surface area contributed by atoms with Crippen molar-refractivity contribution in [3.05, 3.63) is 40.3 Å². The van der Waals surface area contributed by atoms with Gasteiger partial charge in [0, 0.05) is 17.5 Å². The standard InChI is InChI=1S/C20H22N4O4S2/c1-11-12(2)30-18(16(11)19(26)28-5)21-15(25)10-29-20-23-22-17(24(20)3)13-7-6-8-14(9-13)27-4/h6-9H,10H2,1-5H3,(H,21,25). The number of aryl methyl sites for hydroxylation is 1. The smallest absolute Gasteiger partial charge is 0.341 e. The number of nitrogens with one attached hydrogen (secondary N) is 1. The summed E-state index contributed by atoms with van der Waals surface area (Å²) in [4.78, 5) is 25.5. The Hall–Kier alpha value is -2.85. The minimum absolute atomic E-state index is 0.126. The van der Waals surface area contributed by atoms with E-state index in [0.29, 0.717) is 21.5 Å². The fourth-order valence-electron chi connectivity index (χ4n) is 2.81. The molecule has 1 aromatic carbocycles. The molecule has 158 valence electrons. The van der Waals surface area contributed by atoms with E-state index in [-0.39, 0.29) is 11.7 Å². The van der Waals surface area contributed by atoms with Crippen LogP contribution in [0.2, 0.25) is 0 Å². The molecule has 0 unspecified atom stereocenters. The molecule has 0 aliphatic heterocycles. The number of thioether (sulfide) groups is 1. The van der Waals surface area contributed by atoms with Gasteiger partial charge in [0.2, 0.25) is 5.91 Å². The SMILES string of the molecule is COC(=O)c1c(NC(=O)CSc2nnc(-c3cccc(OC)c3)n2C)sc(C)c1C. The van der Waals surface area contributed by atoms with Crippen LogP contribution in [0, 0.1) is 13.8 Å². The van der Waals surface area contributed by atoms with E-state index in [9.17, 15) is 9.59 Å². The third-order valence-corrected chi connectivity index (χ3v) is 6.67. The van der Waals surface area contributed by atoms with Crippen molar-refractivity contribution in [2.24, 2.45) is 7.05 Å². The van der Waals surface area contributed by atoms with E-state index in [1.807, 2.05) is 49.7 Å². The van der Waals surface area contributed by atoms with Gasteiger partial charge in [-0.15, -0.1) is 21.5 Å². The van der Waals surface area contributed by atoms with Gasteiger partial charge in [0.05, 0.1) is 25.5 Å². The molecule has 30 heavy (non-hydrogen) atoms. The second kappa shape index (κ2) is 9.31. The van der Waals surface area contributed by atoms with Gasteiger partial charge >= 0.3 is 5.97 Å². The summed E-state index contributed by atoms with van der Waals surface area (Å²) in [6.45, 7) is 3.73. The van der Waals surface area contributed by atoms with Gasteiger partial charge in [-0.25, -0.2) is 4.79 Å². The van der Waals surface area contributed by atoms with Gasteiger partial charge in [0.1, 0.15) is 10.8 Å². The number of ether oxygens (including phenoxy) is 2. The highest BCUT2D eigenvalue weighted by Crippen LogP contribution is 2.33. The zero-order valence-electron chi connectivity index (χ0n) is 17.3. The van der Waals surface area contributed by atoms with Gasteiger partial charge in [0.15, 0.2) is 11.0 Å². The van der Waals surface area contributed by atoms with E-state index < -0.39 is 5.97 Å². The molecule has 0 aliphatic carbocycles. The van der Waals surface area contributed by atoms with Crippen LogP contribution in [0.3, 0.4) is 0 Å². The average Bonchev–Trinajstić information content (AvgIpc) is 3.24. The number of rotatable bonds is 7. The number of nitrogens with zero attached hydrogens (tertiary/aromatic N) is 3. The Morgan fingerprint density at radius 3 is 2.70 bits per heavy atom. The van der Waals surface area contributed by atoms with Crippen molar-refractivity contribution < 1.29 is 19.1 Å². The van der Waals surface area contributed by atoms with Crippen LogP contribution in [0.4, 0.5) is 5.00 Å². The van der Waals surface area contributed by atoms with E-state index in [2.05, 4.69) is 15.5 Å². The van der Waals surface area contributed by atoms with Crippen molar-refractivity contribution in [2.75, 3.05) is 25.3 Å². The maximum Gasteiger partial charge on any atom is 0.341 e. The van der Waals surface area contributed by atoms with Crippen LogP contribution in [-0.2, 0) is 16.6 Å². The van der Waals surface area contributed by atoms with E-state index in [0.717, 1.165) is 21.8 Å². The summed E-state index contributed by atoms with van der Waals surface area (Å²) in [5.41, 5.74) is 2.08. The fraction of sp³-hybridized carbons (Fsp3) is 0.300. The van der Waals surface area contributed by atoms with Crippen LogP contribution in [0.25, 0.3) is 11.4 Å². The number of esters is 1. The van der Waals surface area contributed by atoms with Gasteiger partial charge in [-0.1, -0.05) is 23.9 Å². The van der Waals surface area contributed by atoms with Gasteiger partial charge in [0.25, 0.3) is 0 Å². The highest BCUT2D eigenvalue weighted by Gasteiger charge is 2.22. The lowest BCUT2D eigenvalue weighted by Gasteiger charge is -2.07. The summed E-state index contributed by atoms with van der Waals surface area (Å²) < 4.78 is 11.9. The Balaban J connectivity index is 1.70. The van der Waals surface area contributed by atoms with Crippen molar-refractivity contribution in [1.29, 1.82) is 0 Å². The monoisotopic (exact) mass is 446 g/mol. The third-order valence-electron chi connectivity index (χ3n) is 4.52. The van der Waals surface area contributed by atoms with Crippen LogP contribution in [0.5, 0.6) is 5.75 Å². The number of benzene rings is 1. The summed E-state index contributed by atoms with van der Waals surface area (Å²) in [7, 11) is 4.78. The van der Waals surface area contributed by atoms with Gasteiger partial charge in [-0.3, -0.25) is 4.79 Å². The van der Waals surface area contributed by atoms with Crippen molar-refractivity contribution in [3.63, 3.8) is 0 Å². The first-order chi connectivity index (χ1) is 14.3. The highest BCUT2D eigenvalue weighted by atomic mass is 32.2. The van der Waals surface area contributed by atoms with Gasteiger partial charge < -0.3 is 19.4 Å². The minimum atomic E-state index is -0.462. The molecule has 0 atom stereocenters. The molecule has 1 amide bonds. The molecular weight excluding hydrogens is 424 g/mol. The number of carbonyl (C=O) groups is 2. The Labute approximate surface area is 182 Å². The van der Waals surface area contributed by atoms with E-state index >= 15 is 0 Å². The molecule has 10 heteroatoms. The van der Waals surface area contributed by atoms with Crippen LogP contribution in [0.1, 0.15) is 20.8 Å². The molecule has 0 saturated heterocycles. The average molecular weight is 447 g/mol. The second-order valence-electron chi connectivity index (χ2n) is 6.41. The first-order valence-corrected chi connectivity index (χ1v) is 10.8. The predicted molar refractivity (Wildman–Crippen MR) is 117 cm³/mol. The topological polar surface area (TPSA) is 95.3 Å². The lowest BCUT2D eigenvalue weighted by molar-refractivity contribution is -0.113. The Bertz CT molecular complexity index is 1090. The maximum atomic E-state index is 12.5. The predicted octanol–water partition coefficient (Wildman–Crippen LogP) is 3.69. The summed E-state index contributed by atoms with van der Waals surface area (Å²) in [6.07, 6.45) is 0. The molecule has 2 heterocycles. The number of amides is 1. The lowest BCUT2D eigenvalue weighted by Crippen LogP contribution is -2.16. The number of anilines is 1. The molecule has 0 bridgehead atoms. The van der Waals surface area contributed by atoms with E-state index in [4.69, 9.17) is 9.47 Å².